The van der Waals surface area contributed by atoms with Crippen LogP contribution >= 0.6 is 11.3 Å². The van der Waals surface area contributed by atoms with E-state index in [4.69, 9.17) is 4.74 Å². The third kappa shape index (κ3) is 5.26. The Hall–Kier alpha value is -3.06. The Morgan fingerprint density at radius 1 is 1.10 bits per heavy atom. The lowest BCUT2D eigenvalue weighted by Crippen LogP contribution is -2.12. The molecule has 3 rings (SSSR count). The van der Waals surface area contributed by atoms with Gasteiger partial charge in [0.1, 0.15) is 15.7 Å². The van der Waals surface area contributed by atoms with E-state index in [9.17, 15) is 14.0 Å². The molecule has 5 nitrogen and oxygen atoms in total. The molecule has 0 aliphatic carbocycles. The number of thiazole rings is 1. The topological polar surface area (TPSA) is 68.3 Å². The van der Waals surface area contributed by atoms with Crippen molar-refractivity contribution < 1.29 is 18.7 Å². The molecule has 0 saturated heterocycles. The number of nitrogens with one attached hydrogen (secondary N) is 1. The fourth-order valence-corrected chi connectivity index (χ4v) is 3.56. The summed E-state index contributed by atoms with van der Waals surface area (Å²) in [6, 6.07) is 12.5. The van der Waals surface area contributed by atoms with Crippen LogP contribution in [-0.4, -0.2) is 23.5 Å². The Morgan fingerprint density at radius 3 is 2.45 bits per heavy atom. The Morgan fingerprint density at radius 2 is 1.79 bits per heavy atom. The van der Waals surface area contributed by atoms with Crippen LogP contribution in [0, 0.1) is 12.7 Å². The molecule has 1 amide bonds. The maximum absolute atomic E-state index is 13.1. The molecular formula is C22H21FN2O3S. The number of halogens is 1. The number of ether oxygens (including phenoxy) is 1. The Kier molecular flexibility index (Phi) is 6.72. The maximum Gasteiger partial charge on any atom is 0.338 e. The van der Waals surface area contributed by atoms with Crippen molar-refractivity contribution in [3.05, 3.63) is 70.5 Å². The molecule has 0 aliphatic heterocycles. The lowest BCUT2D eigenvalue weighted by atomic mass is 10.2. The van der Waals surface area contributed by atoms with Crippen LogP contribution in [0.15, 0.2) is 48.5 Å². The van der Waals surface area contributed by atoms with Gasteiger partial charge in [-0.1, -0.05) is 13.3 Å². The van der Waals surface area contributed by atoms with E-state index in [0.717, 1.165) is 18.4 Å². The van der Waals surface area contributed by atoms with Gasteiger partial charge in [-0.25, -0.2) is 14.2 Å². The second-order valence-corrected chi connectivity index (χ2v) is 7.46. The fraction of sp³-hybridized carbons (Fsp3) is 0.227. The van der Waals surface area contributed by atoms with Gasteiger partial charge in [0.05, 0.1) is 17.9 Å². The van der Waals surface area contributed by atoms with Gasteiger partial charge in [-0.05, 0) is 61.9 Å². The van der Waals surface area contributed by atoms with Crippen molar-refractivity contribution in [3.63, 3.8) is 0 Å². The van der Waals surface area contributed by atoms with Crippen molar-refractivity contribution in [1.29, 1.82) is 0 Å². The lowest BCUT2D eigenvalue weighted by molar-refractivity contribution is 0.0499. The van der Waals surface area contributed by atoms with Crippen LogP contribution in [0.4, 0.5) is 10.1 Å². The summed E-state index contributed by atoms with van der Waals surface area (Å²) >= 11 is 1.25. The first-order valence-electron chi connectivity index (χ1n) is 9.30. The molecule has 3 aromatic rings. The first-order valence-corrected chi connectivity index (χ1v) is 10.1. The van der Waals surface area contributed by atoms with Gasteiger partial charge in [0.25, 0.3) is 5.91 Å². The van der Waals surface area contributed by atoms with Gasteiger partial charge in [-0.3, -0.25) is 4.79 Å². The van der Waals surface area contributed by atoms with Crippen LogP contribution in [-0.2, 0) is 4.74 Å². The van der Waals surface area contributed by atoms with Crippen LogP contribution in [0.3, 0.4) is 0 Å². The molecule has 0 fully saturated rings. The molecule has 2 aromatic carbocycles. The summed E-state index contributed by atoms with van der Waals surface area (Å²) in [5, 5.41) is 3.46. The van der Waals surface area contributed by atoms with Crippen molar-refractivity contribution in [2.24, 2.45) is 0 Å². The highest BCUT2D eigenvalue weighted by Crippen LogP contribution is 2.28. The molecule has 7 heteroatoms. The zero-order valence-electron chi connectivity index (χ0n) is 16.2. The smallest absolute Gasteiger partial charge is 0.338 e. The number of esters is 1. The molecule has 1 N–H and O–H groups in total. The fourth-order valence-electron chi connectivity index (χ4n) is 2.59. The molecule has 0 bridgehead atoms. The lowest BCUT2D eigenvalue weighted by Gasteiger charge is -2.06. The minimum Gasteiger partial charge on any atom is -0.462 e. The molecule has 0 atom stereocenters. The number of benzene rings is 2. The van der Waals surface area contributed by atoms with Gasteiger partial charge in [-0.15, -0.1) is 11.3 Å². The number of unbranched alkanes of at least 4 members (excludes halogenated alkanes) is 1. The number of carbonyl (C=O) groups excluding carboxylic acids is 2. The van der Waals surface area contributed by atoms with Gasteiger partial charge in [-0.2, -0.15) is 0 Å². The third-order valence-corrected chi connectivity index (χ3v) is 5.41. The molecular weight excluding hydrogens is 391 g/mol. The van der Waals surface area contributed by atoms with Gasteiger partial charge in [0.2, 0.25) is 0 Å². The van der Waals surface area contributed by atoms with Gasteiger partial charge < -0.3 is 10.1 Å². The average Bonchev–Trinajstić information content (AvgIpc) is 3.11. The molecule has 0 aliphatic rings. The molecule has 0 spiro atoms. The number of hydrogen-bond acceptors (Lipinski definition) is 5. The summed E-state index contributed by atoms with van der Waals surface area (Å²) in [5.41, 5.74) is 2.36. The number of aromatic nitrogens is 1. The molecule has 1 aromatic heterocycles. The summed E-state index contributed by atoms with van der Waals surface area (Å²) < 4.78 is 18.3. The average molecular weight is 412 g/mol. The second kappa shape index (κ2) is 9.43. The second-order valence-electron chi connectivity index (χ2n) is 6.46. The van der Waals surface area contributed by atoms with Crippen LogP contribution in [0.2, 0.25) is 0 Å². The van der Waals surface area contributed by atoms with E-state index in [0.29, 0.717) is 33.4 Å². The highest BCUT2D eigenvalue weighted by atomic mass is 32.1. The number of hydrogen-bond donors (Lipinski definition) is 1. The van der Waals surface area contributed by atoms with Crippen molar-refractivity contribution in [1.82, 2.24) is 4.98 Å². The predicted octanol–water partition coefficient (Wildman–Crippen LogP) is 5.47. The number of carbonyl (C=O) groups is 2. The number of aryl methyl sites for hydroxylation is 1. The largest absolute Gasteiger partial charge is 0.462 e. The summed E-state index contributed by atoms with van der Waals surface area (Å²) in [6.45, 7) is 4.18. The third-order valence-electron chi connectivity index (χ3n) is 4.20. The minimum absolute atomic E-state index is 0.286. The summed E-state index contributed by atoms with van der Waals surface area (Å²) in [4.78, 5) is 29.5. The number of rotatable bonds is 7. The SMILES string of the molecule is CCCCOC(=O)c1ccc(NC(=O)c2sc(-c3ccc(F)cc3)nc2C)cc1. The van der Waals surface area contributed by atoms with E-state index in [1.807, 2.05) is 6.92 Å². The van der Waals surface area contributed by atoms with E-state index >= 15 is 0 Å². The van der Waals surface area contributed by atoms with E-state index < -0.39 is 0 Å². The van der Waals surface area contributed by atoms with Gasteiger partial charge >= 0.3 is 5.97 Å². The van der Waals surface area contributed by atoms with Crippen LogP contribution in [0.25, 0.3) is 10.6 Å². The maximum atomic E-state index is 13.1. The van der Waals surface area contributed by atoms with Crippen molar-refractivity contribution in [3.8, 4) is 10.6 Å². The standard InChI is InChI=1S/C22H21FN2O3S/c1-3-4-13-28-22(27)16-7-11-18(12-8-16)25-20(26)19-14(2)24-21(29-19)15-5-9-17(23)10-6-15/h5-12H,3-4,13H2,1-2H3,(H,25,26). The van der Waals surface area contributed by atoms with Crippen molar-refractivity contribution in [2.75, 3.05) is 11.9 Å². The van der Waals surface area contributed by atoms with Crippen LogP contribution in [0.5, 0.6) is 0 Å². The molecule has 0 radical (unpaired) electrons. The molecule has 150 valence electrons. The number of nitrogens with zero attached hydrogens (tertiary/aromatic N) is 1. The van der Waals surface area contributed by atoms with Crippen molar-refractivity contribution >= 4 is 28.9 Å². The van der Waals surface area contributed by atoms with Crippen molar-refractivity contribution in [2.45, 2.75) is 26.7 Å². The first-order chi connectivity index (χ1) is 14.0. The summed E-state index contributed by atoms with van der Waals surface area (Å²) in [7, 11) is 0. The van der Waals surface area contributed by atoms with E-state index in [1.54, 1.807) is 43.3 Å². The quantitative estimate of drug-likeness (QED) is 0.413. The number of amides is 1. The normalized spacial score (nSPS) is 10.6. The highest BCUT2D eigenvalue weighted by Gasteiger charge is 2.17. The minimum atomic E-state index is -0.376. The zero-order chi connectivity index (χ0) is 20.8. The van der Waals surface area contributed by atoms with E-state index in [2.05, 4.69) is 10.3 Å². The zero-order valence-corrected chi connectivity index (χ0v) is 17.0. The van der Waals surface area contributed by atoms with Gasteiger partial charge in [0.15, 0.2) is 0 Å². The predicted molar refractivity (Wildman–Crippen MR) is 112 cm³/mol. The van der Waals surface area contributed by atoms with Gasteiger partial charge in [0, 0.05) is 11.3 Å². The van der Waals surface area contributed by atoms with Crippen LogP contribution < -0.4 is 5.32 Å². The Labute approximate surface area is 172 Å². The van der Waals surface area contributed by atoms with E-state index in [-0.39, 0.29) is 17.7 Å². The molecule has 1 heterocycles. The van der Waals surface area contributed by atoms with Crippen LogP contribution in [0.1, 0.15) is 45.5 Å². The summed E-state index contributed by atoms with van der Waals surface area (Å²) in [6.07, 6.45) is 1.78. The highest BCUT2D eigenvalue weighted by molar-refractivity contribution is 7.17. The monoisotopic (exact) mass is 412 g/mol. The molecule has 0 unspecified atom stereocenters. The van der Waals surface area contributed by atoms with E-state index in [1.165, 1.54) is 23.5 Å². The molecule has 29 heavy (non-hydrogen) atoms. The Balaban J connectivity index is 1.67. The number of anilines is 1. The summed E-state index contributed by atoms with van der Waals surface area (Å²) in [5.74, 6) is -0.983. The first kappa shape index (κ1) is 20.7. The molecule has 0 saturated carbocycles. The Bertz CT molecular complexity index is 998.